The lowest BCUT2D eigenvalue weighted by atomic mass is 9.91. The SMILES string of the molecule is c1ccc(-c2nc(-c3ccccc3)nc(-c3ccccc3-c3cc(-c4ccc(-c5ccc(-c6ccc7c8ccccc8c8ccccc8c7c6)cc5)cc4)cc4oc5ccccc5c34)n2)cc1. The van der Waals surface area contributed by atoms with Crippen LogP contribution in [-0.2, 0) is 0 Å². The quantitative estimate of drug-likeness (QED) is 0.150. The van der Waals surface area contributed by atoms with Gasteiger partial charge >= 0.3 is 0 Å². The van der Waals surface area contributed by atoms with Crippen molar-refractivity contribution in [2.24, 2.45) is 0 Å². The van der Waals surface area contributed by atoms with E-state index in [1.807, 2.05) is 72.8 Å². The van der Waals surface area contributed by atoms with Gasteiger partial charge in [0.25, 0.3) is 0 Å². The monoisotopic (exact) mass is 853 g/mol. The van der Waals surface area contributed by atoms with Crippen LogP contribution in [0.3, 0.4) is 0 Å². The number of fused-ring (bicyclic) bond motifs is 9. The van der Waals surface area contributed by atoms with Gasteiger partial charge in [0, 0.05) is 27.5 Å². The van der Waals surface area contributed by atoms with Gasteiger partial charge in [0.2, 0.25) is 0 Å². The van der Waals surface area contributed by atoms with Crippen LogP contribution in [0.25, 0.3) is 133 Å². The van der Waals surface area contributed by atoms with E-state index >= 15 is 0 Å². The van der Waals surface area contributed by atoms with E-state index in [1.54, 1.807) is 0 Å². The van der Waals surface area contributed by atoms with Gasteiger partial charge in [-0.25, -0.2) is 15.0 Å². The molecule has 13 aromatic rings. The van der Waals surface area contributed by atoms with Crippen LogP contribution in [-0.4, -0.2) is 15.0 Å². The number of rotatable bonds is 7. The van der Waals surface area contributed by atoms with Crippen molar-refractivity contribution in [3.05, 3.63) is 237 Å². The molecule has 2 aromatic heterocycles. The van der Waals surface area contributed by atoms with E-state index in [4.69, 9.17) is 19.4 Å². The molecule has 0 aliphatic carbocycles. The Morgan fingerprint density at radius 1 is 0.224 bits per heavy atom. The molecule has 4 heteroatoms. The van der Waals surface area contributed by atoms with Crippen LogP contribution in [0.4, 0.5) is 0 Å². The zero-order chi connectivity index (χ0) is 44.3. The zero-order valence-corrected chi connectivity index (χ0v) is 36.3. The molecule has 312 valence electrons. The number of furan rings is 1. The van der Waals surface area contributed by atoms with Crippen LogP contribution in [0.2, 0.25) is 0 Å². The number of nitrogens with zero attached hydrogens (tertiary/aromatic N) is 3. The van der Waals surface area contributed by atoms with E-state index < -0.39 is 0 Å². The van der Waals surface area contributed by atoms with E-state index in [9.17, 15) is 0 Å². The van der Waals surface area contributed by atoms with Crippen LogP contribution < -0.4 is 0 Å². The summed E-state index contributed by atoms with van der Waals surface area (Å²) < 4.78 is 6.64. The first-order chi connectivity index (χ1) is 33.2. The number of benzene rings is 11. The first-order valence-electron chi connectivity index (χ1n) is 22.7. The smallest absolute Gasteiger partial charge is 0.164 e. The summed E-state index contributed by atoms with van der Waals surface area (Å²) in [4.78, 5) is 15.3. The fourth-order valence-electron chi connectivity index (χ4n) is 9.87. The van der Waals surface area contributed by atoms with Gasteiger partial charge in [-0.3, -0.25) is 0 Å². The molecule has 0 aliphatic rings. The molecule has 0 saturated carbocycles. The fourth-order valence-corrected chi connectivity index (χ4v) is 9.87. The van der Waals surface area contributed by atoms with E-state index in [1.165, 1.54) is 43.4 Å². The molecule has 67 heavy (non-hydrogen) atoms. The lowest BCUT2D eigenvalue weighted by Crippen LogP contribution is -2.01. The van der Waals surface area contributed by atoms with Crippen LogP contribution in [0.5, 0.6) is 0 Å². The molecule has 2 heterocycles. The highest BCUT2D eigenvalue weighted by molar-refractivity contribution is 6.25. The molecule has 0 radical (unpaired) electrons. The normalized spacial score (nSPS) is 11.6. The minimum atomic E-state index is 0.604. The summed E-state index contributed by atoms with van der Waals surface area (Å²) in [6.07, 6.45) is 0. The third-order valence-corrected chi connectivity index (χ3v) is 13.2. The highest BCUT2D eigenvalue weighted by Crippen LogP contribution is 2.44. The van der Waals surface area contributed by atoms with Gasteiger partial charge < -0.3 is 4.42 Å². The predicted octanol–water partition coefficient (Wildman–Crippen LogP) is 16.9. The molecule has 4 nitrogen and oxygen atoms in total. The Morgan fingerprint density at radius 3 is 1.22 bits per heavy atom. The first-order valence-corrected chi connectivity index (χ1v) is 22.7. The molecule has 0 amide bonds. The average molecular weight is 854 g/mol. The standard InChI is InChI=1S/C63H39N3O/c1-3-15-44(16-4-1)61-64-62(45-17-5-2-6-18-45)66-63(65-61)54-24-12-11-23-52(54)57-38-47(39-59-60(57)55-25-13-14-26-58(55)67-59)43-33-29-41(30-34-43)40-27-31-42(32-28-40)46-35-36-53-50-21-8-7-19-48(50)49-20-9-10-22-51(49)56(53)37-46/h1-39H. The van der Waals surface area contributed by atoms with Crippen LogP contribution in [0.15, 0.2) is 241 Å². The second-order valence-corrected chi connectivity index (χ2v) is 17.1. The second-order valence-electron chi connectivity index (χ2n) is 17.1. The third kappa shape index (κ3) is 6.74. The van der Waals surface area contributed by atoms with Crippen molar-refractivity contribution < 1.29 is 4.42 Å². The van der Waals surface area contributed by atoms with Crippen molar-refractivity contribution >= 4 is 54.3 Å². The summed E-state index contributed by atoms with van der Waals surface area (Å²) in [5.41, 5.74) is 13.4. The summed E-state index contributed by atoms with van der Waals surface area (Å²) in [5, 5.41) is 9.82. The Balaban J connectivity index is 0.883. The van der Waals surface area contributed by atoms with Gasteiger partial charge in [-0.1, -0.05) is 212 Å². The van der Waals surface area contributed by atoms with Gasteiger partial charge in [0.1, 0.15) is 11.2 Å². The number of aromatic nitrogens is 3. The molecular weight excluding hydrogens is 815 g/mol. The Kier molecular flexibility index (Phi) is 9.14. The first kappa shape index (κ1) is 38.5. The van der Waals surface area contributed by atoms with Gasteiger partial charge in [0.05, 0.1) is 0 Å². The molecule has 0 bridgehead atoms. The maximum absolute atomic E-state index is 6.64. The molecule has 0 aliphatic heterocycles. The van der Waals surface area contributed by atoms with Crippen molar-refractivity contribution in [2.75, 3.05) is 0 Å². The van der Waals surface area contributed by atoms with E-state index in [-0.39, 0.29) is 0 Å². The second kappa shape index (κ2) is 15.9. The molecule has 11 aromatic carbocycles. The number of para-hydroxylation sites is 1. The average Bonchev–Trinajstić information content (AvgIpc) is 3.80. The van der Waals surface area contributed by atoms with Crippen LogP contribution in [0.1, 0.15) is 0 Å². The molecule has 0 unspecified atom stereocenters. The summed E-state index contributed by atoms with van der Waals surface area (Å²) in [7, 11) is 0. The number of hydrogen-bond acceptors (Lipinski definition) is 4. The Morgan fingerprint density at radius 2 is 0.642 bits per heavy atom. The highest BCUT2D eigenvalue weighted by Gasteiger charge is 2.21. The molecular formula is C63H39N3O. The zero-order valence-electron chi connectivity index (χ0n) is 36.3. The Hall–Kier alpha value is -8.99. The predicted molar refractivity (Wildman–Crippen MR) is 278 cm³/mol. The fraction of sp³-hybridized carbons (Fsp3) is 0. The topological polar surface area (TPSA) is 51.8 Å². The Labute approximate surface area is 387 Å². The van der Waals surface area contributed by atoms with Crippen LogP contribution >= 0.6 is 0 Å². The maximum atomic E-state index is 6.64. The summed E-state index contributed by atoms with van der Waals surface area (Å²) in [6, 6.07) is 83.6. The van der Waals surface area contributed by atoms with Gasteiger partial charge in [-0.15, -0.1) is 0 Å². The molecule has 0 spiro atoms. The van der Waals surface area contributed by atoms with E-state index in [2.05, 4.69) is 164 Å². The van der Waals surface area contributed by atoms with Crippen molar-refractivity contribution in [1.29, 1.82) is 0 Å². The van der Waals surface area contributed by atoms with Crippen molar-refractivity contribution in [3.63, 3.8) is 0 Å². The van der Waals surface area contributed by atoms with Gasteiger partial charge in [-0.05, 0) is 101 Å². The molecule has 0 N–H and O–H groups in total. The molecule has 0 atom stereocenters. The van der Waals surface area contributed by atoms with E-state index in [0.29, 0.717) is 17.5 Å². The van der Waals surface area contributed by atoms with Crippen LogP contribution in [0, 0.1) is 0 Å². The van der Waals surface area contributed by atoms with Crippen molar-refractivity contribution in [2.45, 2.75) is 0 Å². The van der Waals surface area contributed by atoms with Crippen molar-refractivity contribution in [3.8, 4) is 78.7 Å². The molecule has 0 saturated heterocycles. The maximum Gasteiger partial charge on any atom is 0.164 e. The summed E-state index contributed by atoms with van der Waals surface area (Å²) in [5.74, 6) is 1.85. The minimum Gasteiger partial charge on any atom is -0.456 e. The minimum absolute atomic E-state index is 0.604. The third-order valence-electron chi connectivity index (χ3n) is 13.2. The summed E-state index contributed by atoms with van der Waals surface area (Å²) in [6.45, 7) is 0. The molecule has 13 rings (SSSR count). The molecule has 0 fully saturated rings. The lowest BCUT2D eigenvalue weighted by molar-refractivity contribution is 0.669. The largest absolute Gasteiger partial charge is 0.456 e. The van der Waals surface area contributed by atoms with Crippen molar-refractivity contribution in [1.82, 2.24) is 15.0 Å². The highest BCUT2D eigenvalue weighted by atomic mass is 16.3. The lowest BCUT2D eigenvalue weighted by Gasteiger charge is -2.14. The van der Waals surface area contributed by atoms with Gasteiger partial charge in [-0.2, -0.15) is 0 Å². The Bertz CT molecular complexity index is 3920. The van der Waals surface area contributed by atoms with E-state index in [0.717, 1.165) is 72.0 Å². The van der Waals surface area contributed by atoms with Gasteiger partial charge in [0.15, 0.2) is 17.5 Å². The summed E-state index contributed by atoms with van der Waals surface area (Å²) >= 11 is 0. The number of hydrogen-bond donors (Lipinski definition) is 0.